The monoisotopic (exact) mass is 522 g/mol. The minimum atomic E-state index is -0.443. The summed E-state index contributed by atoms with van der Waals surface area (Å²) in [4.78, 5) is 40.4. The first-order chi connectivity index (χ1) is 18.4. The number of amides is 2. The average molecular weight is 523 g/mol. The number of fused-ring (bicyclic) bond motifs is 1. The predicted octanol–water partition coefficient (Wildman–Crippen LogP) is 3.26. The van der Waals surface area contributed by atoms with Gasteiger partial charge in [-0.15, -0.1) is 0 Å². The number of likely N-dealkylation sites (tertiary alicyclic amines) is 1. The highest BCUT2D eigenvalue weighted by molar-refractivity contribution is 5.98. The fraction of sp³-hybridized carbons (Fsp3) is 0.586. The van der Waals surface area contributed by atoms with Gasteiger partial charge >= 0.3 is 5.97 Å². The van der Waals surface area contributed by atoms with Crippen LogP contribution in [0.5, 0.6) is 0 Å². The van der Waals surface area contributed by atoms with Gasteiger partial charge in [0.1, 0.15) is 0 Å². The van der Waals surface area contributed by atoms with Crippen LogP contribution in [-0.4, -0.2) is 71.9 Å². The van der Waals surface area contributed by atoms with E-state index in [0.29, 0.717) is 49.4 Å². The molecule has 1 aromatic carbocycles. The number of hydrogen-bond donors (Lipinski definition) is 1. The SMILES string of the molecule is CCc1nn(CC(C)COC(=O)c2cccc(C(=O)N3CCCC3)c2)c2c1C(=O)NCC1(CCOCC1)C2. The molecule has 1 N–H and O–H groups in total. The molecule has 1 spiro atoms. The van der Waals surface area contributed by atoms with Crippen LogP contribution in [-0.2, 0) is 28.9 Å². The van der Waals surface area contributed by atoms with Gasteiger partial charge in [-0.05, 0) is 62.1 Å². The van der Waals surface area contributed by atoms with E-state index < -0.39 is 5.97 Å². The molecule has 9 nitrogen and oxygen atoms in total. The number of rotatable bonds is 7. The third kappa shape index (κ3) is 5.48. The molecule has 0 bridgehead atoms. The van der Waals surface area contributed by atoms with Gasteiger partial charge in [-0.1, -0.05) is 19.9 Å². The van der Waals surface area contributed by atoms with E-state index in [9.17, 15) is 14.4 Å². The van der Waals surface area contributed by atoms with Crippen molar-refractivity contribution in [3.8, 4) is 0 Å². The zero-order valence-electron chi connectivity index (χ0n) is 22.5. The van der Waals surface area contributed by atoms with Crippen LogP contribution in [0, 0.1) is 11.3 Å². The highest BCUT2D eigenvalue weighted by Gasteiger charge is 2.39. The maximum atomic E-state index is 13.0. The van der Waals surface area contributed by atoms with E-state index >= 15 is 0 Å². The first-order valence-electron chi connectivity index (χ1n) is 13.9. The molecule has 9 heteroatoms. The van der Waals surface area contributed by atoms with Crippen LogP contribution in [0.1, 0.15) is 82.0 Å². The molecular weight excluding hydrogens is 484 g/mol. The van der Waals surface area contributed by atoms with Crippen molar-refractivity contribution < 1.29 is 23.9 Å². The Kier molecular flexibility index (Phi) is 7.83. The van der Waals surface area contributed by atoms with E-state index in [2.05, 4.69) is 5.32 Å². The molecule has 2 fully saturated rings. The van der Waals surface area contributed by atoms with E-state index in [0.717, 1.165) is 56.6 Å². The molecular formula is C29H38N4O5. The van der Waals surface area contributed by atoms with Gasteiger partial charge in [-0.3, -0.25) is 14.3 Å². The lowest BCUT2D eigenvalue weighted by Gasteiger charge is -2.36. The van der Waals surface area contributed by atoms with Gasteiger partial charge in [0.25, 0.3) is 11.8 Å². The second-order valence-electron chi connectivity index (χ2n) is 11.1. The van der Waals surface area contributed by atoms with Gasteiger partial charge in [0, 0.05) is 50.9 Å². The minimum Gasteiger partial charge on any atom is -0.462 e. The maximum Gasteiger partial charge on any atom is 0.338 e. The number of esters is 1. The van der Waals surface area contributed by atoms with Gasteiger partial charge in [0.15, 0.2) is 0 Å². The van der Waals surface area contributed by atoms with Crippen molar-refractivity contribution in [2.24, 2.45) is 11.3 Å². The molecule has 2 amide bonds. The molecule has 0 aliphatic carbocycles. The number of nitrogens with one attached hydrogen (secondary N) is 1. The normalized spacial score (nSPS) is 19.5. The number of aryl methyl sites for hydroxylation is 1. The summed E-state index contributed by atoms with van der Waals surface area (Å²) in [5.74, 6) is -0.544. The first-order valence-corrected chi connectivity index (χ1v) is 13.9. The molecule has 2 saturated heterocycles. The van der Waals surface area contributed by atoms with Crippen molar-refractivity contribution >= 4 is 17.8 Å². The second-order valence-corrected chi connectivity index (χ2v) is 11.1. The fourth-order valence-electron chi connectivity index (χ4n) is 5.85. The zero-order chi connectivity index (χ0) is 26.7. The van der Waals surface area contributed by atoms with Crippen molar-refractivity contribution in [3.05, 3.63) is 52.3 Å². The van der Waals surface area contributed by atoms with E-state index in [1.165, 1.54) is 0 Å². The molecule has 3 aliphatic rings. The smallest absolute Gasteiger partial charge is 0.338 e. The van der Waals surface area contributed by atoms with Crippen LogP contribution in [0.4, 0.5) is 0 Å². The lowest BCUT2D eigenvalue weighted by Crippen LogP contribution is -2.41. The first kappa shape index (κ1) is 26.4. The lowest BCUT2D eigenvalue weighted by atomic mass is 9.76. The summed E-state index contributed by atoms with van der Waals surface area (Å²) in [6, 6.07) is 6.78. The largest absolute Gasteiger partial charge is 0.462 e. The highest BCUT2D eigenvalue weighted by atomic mass is 16.5. The van der Waals surface area contributed by atoms with E-state index in [1.54, 1.807) is 24.3 Å². The van der Waals surface area contributed by atoms with Crippen LogP contribution in [0.2, 0.25) is 0 Å². The summed E-state index contributed by atoms with van der Waals surface area (Å²) in [6.07, 6.45) is 5.31. The Bertz CT molecular complexity index is 1190. The quantitative estimate of drug-likeness (QED) is 0.560. The number of hydrogen-bond acceptors (Lipinski definition) is 6. The Morgan fingerprint density at radius 2 is 1.92 bits per heavy atom. The van der Waals surface area contributed by atoms with Gasteiger partial charge < -0.3 is 19.7 Å². The van der Waals surface area contributed by atoms with E-state index in [4.69, 9.17) is 14.6 Å². The van der Waals surface area contributed by atoms with Crippen molar-refractivity contribution in [3.63, 3.8) is 0 Å². The maximum absolute atomic E-state index is 13.0. The summed E-state index contributed by atoms with van der Waals surface area (Å²) >= 11 is 0. The van der Waals surface area contributed by atoms with E-state index in [1.807, 2.05) is 23.4 Å². The second kappa shape index (κ2) is 11.3. The number of benzene rings is 1. The van der Waals surface area contributed by atoms with Gasteiger partial charge in [0.05, 0.1) is 29.1 Å². The Balaban J connectivity index is 1.26. The summed E-state index contributed by atoms with van der Waals surface area (Å²) in [5, 5.41) is 7.96. The van der Waals surface area contributed by atoms with Gasteiger partial charge in [0.2, 0.25) is 0 Å². The molecule has 3 aliphatic heterocycles. The van der Waals surface area contributed by atoms with Crippen molar-refractivity contribution in [1.82, 2.24) is 20.0 Å². The lowest BCUT2D eigenvalue weighted by molar-refractivity contribution is 0.0151. The Hall–Kier alpha value is -3.20. The van der Waals surface area contributed by atoms with Crippen molar-refractivity contribution in [1.29, 1.82) is 0 Å². The number of aromatic nitrogens is 2. The molecule has 2 aromatic rings. The summed E-state index contributed by atoms with van der Waals surface area (Å²) < 4.78 is 13.2. The zero-order valence-corrected chi connectivity index (χ0v) is 22.5. The Morgan fingerprint density at radius 1 is 1.18 bits per heavy atom. The predicted molar refractivity (Wildman–Crippen MR) is 141 cm³/mol. The molecule has 38 heavy (non-hydrogen) atoms. The van der Waals surface area contributed by atoms with Crippen LogP contribution in [0.15, 0.2) is 24.3 Å². The Labute approximate surface area is 223 Å². The topological polar surface area (TPSA) is 103 Å². The standard InChI is InChI=1S/C29H38N4O5/c1-3-23-25-24(16-29(19-30-26(25)34)9-13-37-14-10-29)33(31-23)17-20(2)18-38-28(36)22-8-6-7-21(15-22)27(35)32-11-4-5-12-32/h6-8,15,20H,3-5,9-14,16-19H2,1-2H3,(H,30,34). The third-order valence-electron chi connectivity index (χ3n) is 8.13. The van der Waals surface area contributed by atoms with Crippen molar-refractivity contribution in [2.75, 3.05) is 39.5 Å². The molecule has 0 radical (unpaired) electrons. The van der Waals surface area contributed by atoms with Crippen LogP contribution in [0.25, 0.3) is 0 Å². The average Bonchev–Trinajstić information content (AvgIpc) is 3.56. The number of carbonyl (C=O) groups is 3. The van der Waals surface area contributed by atoms with E-state index in [-0.39, 0.29) is 29.8 Å². The third-order valence-corrected chi connectivity index (χ3v) is 8.13. The summed E-state index contributed by atoms with van der Waals surface area (Å²) in [7, 11) is 0. The molecule has 0 saturated carbocycles. The van der Waals surface area contributed by atoms with Crippen molar-refractivity contribution in [2.45, 2.75) is 58.9 Å². The molecule has 1 atom stereocenters. The summed E-state index contributed by atoms with van der Waals surface area (Å²) in [6.45, 7) is 8.38. The minimum absolute atomic E-state index is 0.0148. The molecule has 1 unspecified atom stereocenters. The molecule has 5 rings (SSSR count). The Morgan fingerprint density at radius 3 is 2.66 bits per heavy atom. The van der Waals surface area contributed by atoms with Crippen LogP contribution >= 0.6 is 0 Å². The number of ether oxygens (including phenoxy) is 2. The molecule has 4 heterocycles. The fourth-order valence-corrected chi connectivity index (χ4v) is 5.85. The van der Waals surface area contributed by atoms with Gasteiger partial charge in [-0.25, -0.2) is 4.79 Å². The number of nitrogens with zero attached hydrogens (tertiary/aromatic N) is 3. The van der Waals surface area contributed by atoms with Gasteiger partial charge in [-0.2, -0.15) is 5.10 Å². The molecule has 204 valence electrons. The van der Waals surface area contributed by atoms with Crippen LogP contribution < -0.4 is 5.32 Å². The molecule has 1 aromatic heterocycles. The number of carbonyl (C=O) groups excluding carboxylic acids is 3. The van der Waals surface area contributed by atoms with Crippen LogP contribution in [0.3, 0.4) is 0 Å². The summed E-state index contributed by atoms with van der Waals surface area (Å²) in [5.41, 5.74) is 3.37. The highest BCUT2D eigenvalue weighted by Crippen LogP contribution is 2.37.